The zero-order valence-electron chi connectivity index (χ0n) is 14.0. The van der Waals surface area contributed by atoms with Crippen LogP contribution in [-0.2, 0) is 9.47 Å². The molecule has 126 valence electrons. The Morgan fingerprint density at radius 1 is 1.30 bits per heavy atom. The molecule has 1 saturated carbocycles. The van der Waals surface area contributed by atoms with Crippen LogP contribution < -0.4 is 4.90 Å². The number of aromatic nitrogens is 2. The Labute approximate surface area is 143 Å². The van der Waals surface area contributed by atoms with Gasteiger partial charge in [-0.2, -0.15) is 4.98 Å². The lowest BCUT2D eigenvalue weighted by molar-refractivity contribution is -0.0969. The highest BCUT2D eigenvalue weighted by atomic mass is 35.5. The number of rotatable bonds is 6. The van der Waals surface area contributed by atoms with Crippen LogP contribution in [0, 0.1) is 11.8 Å². The standard InChI is InChI=1S/C17H24ClN3O2/c1-4-22-15(23-5-2)11-10-13-12-19-17(18)20-16(13)21(3)14-8-6-7-9-14/h12,14-15H,4-9H2,1-3H3. The van der Waals surface area contributed by atoms with Gasteiger partial charge in [0.05, 0.1) is 5.56 Å². The summed E-state index contributed by atoms with van der Waals surface area (Å²) in [5.41, 5.74) is 0.744. The average molecular weight is 338 g/mol. The zero-order valence-corrected chi connectivity index (χ0v) is 14.8. The average Bonchev–Trinajstić information content (AvgIpc) is 3.07. The van der Waals surface area contributed by atoms with Gasteiger partial charge in [-0.05, 0) is 44.2 Å². The van der Waals surface area contributed by atoms with Crippen molar-refractivity contribution in [3.63, 3.8) is 0 Å². The number of ether oxygens (including phenoxy) is 2. The van der Waals surface area contributed by atoms with Crippen molar-refractivity contribution in [1.82, 2.24) is 9.97 Å². The van der Waals surface area contributed by atoms with Crippen molar-refractivity contribution in [3.05, 3.63) is 17.0 Å². The maximum Gasteiger partial charge on any atom is 0.224 e. The van der Waals surface area contributed by atoms with Gasteiger partial charge in [-0.1, -0.05) is 18.8 Å². The van der Waals surface area contributed by atoms with Gasteiger partial charge in [0.25, 0.3) is 0 Å². The van der Waals surface area contributed by atoms with Crippen molar-refractivity contribution in [2.24, 2.45) is 0 Å². The van der Waals surface area contributed by atoms with Crippen molar-refractivity contribution in [3.8, 4) is 11.8 Å². The maximum absolute atomic E-state index is 5.98. The molecule has 1 heterocycles. The van der Waals surface area contributed by atoms with Gasteiger partial charge in [0.2, 0.25) is 11.6 Å². The smallest absolute Gasteiger partial charge is 0.224 e. The lowest BCUT2D eigenvalue weighted by Crippen LogP contribution is -2.30. The molecule has 0 N–H and O–H groups in total. The van der Waals surface area contributed by atoms with Gasteiger partial charge in [-0.25, -0.2) is 4.98 Å². The maximum atomic E-state index is 5.98. The fourth-order valence-electron chi connectivity index (χ4n) is 2.74. The molecule has 0 amide bonds. The summed E-state index contributed by atoms with van der Waals surface area (Å²) in [6.45, 7) is 4.92. The second-order valence-electron chi connectivity index (χ2n) is 5.44. The SMILES string of the molecule is CCOC(C#Cc1cnc(Cl)nc1N(C)C1CCCC1)OCC. The second kappa shape index (κ2) is 9.07. The molecule has 0 aliphatic heterocycles. The van der Waals surface area contributed by atoms with Crippen LogP contribution in [0.4, 0.5) is 5.82 Å². The van der Waals surface area contributed by atoms with Crippen LogP contribution in [0.1, 0.15) is 45.1 Å². The molecule has 2 rings (SSSR count). The first-order chi connectivity index (χ1) is 11.2. The molecule has 0 atom stereocenters. The van der Waals surface area contributed by atoms with E-state index in [-0.39, 0.29) is 5.28 Å². The number of halogens is 1. The second-order valence-corrected chi connectivity index (χ2v) is 5.78. The van der Waals surface area contributed by atoms with Gasteiger partial charge in [0, 0.05) is 32.5 Å². The number of hydrogen-bond acceptors (Lipinski definition) is 5. The molecule has 6 heteroatoms. The van der Waals surface area contributed by atoms with Crippen LogP contribution in [0.15, 0.2) is 6.20 Å². The minimum absolute atomic E-state index is 0.238. The number of hydrogen-bond donors (Lipinski definition) is 0. The molecular formula is C17H24ClN3O2. The van der Waals surface area contributed by atoms with Gasteiger partial charge in [0.15, 0.2) is 0 Å². The third kappa shape index (κ3) is 5.07. The van der Waals surface area contributed by atoms with Crippen LogP contribution in [0.2, 0.25) is 5.28 Å². The van der Waals surface area contributed by atoms with Crippen molar-refractivity contribution < 1.29 is 9.47 Å². The van der Waals surface area contributed by atoms with Crippen molar-refractivity contribution >= 4 is 17.4 Å². The van der Waals surface area contributed by atoms with E-state index in [0.29, 0.717) is 19.3 Å². The molecular weight excluding hydrogens is 314 g/mol. The lowest BCUT2D eigenvalue weighted by atomic mass is 10.2. The monoisotopic (exact) mass is 337 g/mol. The van der Waals surface area contributed by atoms with Crippen LogP contribution >= 0.6 is 11.6 Å². The van der Waals surface area contributed by atoms with Gasteiger partial charge in [-0.3, -0.25) is 0 Å². The Morgan fingerprint density at radius 2 is 1.96 bits per heavy atom. The normalized spacial score (nSPS) is 14.8. The summed E-state index contributed by atoms with van der Waals surface area (Å²) in [6.07, 6.45) is 5.98. The fraction of sp³-hybridized carbons (Fsp3) is 0.647. The number of anilines is 1. The van der Waals surface area contributed by atoms with E-state index in [0.717, 1.165) is 11.4 Å². The topological polar surface area (TPSA) is 47.5 Å². The molecule has 0 saturated heterocycles. The van der Waals surface area contributed by atoms with Gasteiger partial charge < -0.3 is 14.4 Å². The van der Waals surface area contributed by atoms with Crippen molar-refractivity contribution in [2.45, 2.75) is 51.9 Å². The Bertz CT molecular complexity index is 559. The largest absolute Gasteiger partial charge is 0.356 e. The highest BCUT2D eigenvalue weighted by molar-refractivity contribution is 6.28. The molecule has 0 bridgehead atoms. The third-order valence-corrected chi connectivity index (χ3v) is 4.09. The molecule has 23 heavy (non-hydrogen) atoms. The highest BCUT2D eigenvalue weighted by Crippen LogP contribution is 2.28. The molecule has 1 aromatic heterocycles. The van der Waals surface area contributed by atoms with Crippen molar-refractivity contribution in [2.75, 3.05) is 25.2 Å². The first-order valence-electron chi connectivity index (χ1n) is 8.15. The molecule has 1 aliphatic rings. The van der Waals surface area contributed by atoms with Gasteiger partial charge in [0.1, 0.15) is 5.82 Å². The Hall–Kier alpha value is -1.35. The van der Waals surface area contributed by atoms with E-state index in [2.05, 4.69) is 26.7 Å². The van der Waals surface area contributed by atoms with E-state index in [1.165, 1.54) is 25.7 Å². The summed E-state index contributed by atoms with van der Waals surface area (Å²) in [5, 5.41) is 0.238. The van der Waals surface area contributed by atoms with Gasteiger partial charge in [-0.15, -0.1) is 0 Å². The van der Waals surface area contributed by atoms with Crippen molar-refractivity contribution in [1.29, 1.82) is 0 Å². The van der Waals surface area contributed by atoms with E-state index in [4.69, 9.17) is 21.1 Å². The molecule has 1 aliphatic carbocycles. The van der Waals surface area contributed by atoms with E-state index in [1.54, 1.807) is 6.20 Å². The van der Waals surface area contributed by atoms with E-state index in [1.807, 2.05) is 20.9 Å². The predicted octanol–water partition coefficient (Wildman–Crippen LogP) is 3.26. The molecule has 5 nitrogen and oxygen atoms in total. The summed E-state index contributed by atoms with van der Waals surface area (Å²) in [6, 6.07) is 0.482. The van der Waals surface area contributed by atoms with E-state index in [9.17, 15) is 0 Å². The number of nitrogens with zero attached hydrogens (tertiary/aromatic N) is 3. The fourth-order valence-corrected chi connectivity index (χ4v) is 2.87. The minimum atomic E-state index is -0.537. The van der Waals surface area contributed by atoms with E-state index >= 15 is 0 Å². The predicted molar refractivity (Wildman–Crippen MR) is 91.6 cm³/mol. The third-order valence-electron chi connectivity index (χ3n) is 3.91. The minimum Gasteiger partial charge on any atom is -0.356 e. The summed E-state index contributed by atoms with van der Waals surface area (Å²) in [5.74, 6) is 6.86. The Morgan fingerprint density at radius 3 is 2.57 bits per heavy atom. The quantitative estimate of drug-likeness (QED) is 0.453. The molecule has 1 fully saturated rings. The molecule has 0 aromatic carbocycles. The molecule has 0 radical (unpaired) electrons. The van der Waals surface area contributed by atoms with Crippen LogP contribution in [0.5, 0.6) is 0 Å². The van der Waals surface area contributed by atoms with Crippen LogP contribution in [0.3, 0.4) is 0 Å². The molecule has 1 aromatic rings. The first-order valence-corrected chi connectivity index (χ1v) is 8.53. The Kier molecular flexibility index (Phi) is 7.10. The highest BCUT2D eigenvalue weighted by Gasteiger charge is 2.22. The summed E-state index contributed by atoms with van der Waals surface area (Å²) >= 11 is 5.98. The van der Waals surface area contributed by atoms with Crippen LogP contribution in [0.25, 0.3) is 0 Å². The molecule has 0 unspecified atom stereocenters. The lowest BCUT2D eigenvalue weighted by Gasteiger charge is -2.26. The summed E-state index contributed by atoms with van der Waals surface area (Å²) < 4.78 is 10.9. The first kappa shape index (κ1) is 18.0. The van der Waals surface area contributed by atoms with E-state index < -0.39 is 6.29 Å². The summed E-state index contributed by atoms with van der Waals surface area (Å²) in [4.78, 5) is 10.6. The Balaban J connectivity index is 2.24. The molecule has 0 spiro atoms. The van der Waals surface area contributed by atoms with Gasteiger partial charge >= 0.3 is 0 Å². The summed E-state index contributed by atoms with van der Waals surface area (Å²) in [7, 11) is 2.04. The van der Waals surface area contributed by atoms with Crippen LogP contribution in [-0.4, -0.2) is 42.6 Å². The zero-order chi connectivity index (χ0) is 16.7.